The molecule has 1 amide bonds. The highest BCUT2D eigenvalue weighted by atomic mass is 35.5. The number of nitrogens with zero attached hydrogens (tertiary/aromatic N) is 1. The third-order valence-electron chi connectivity index (χ3n) is 8.93. The number of hydrogen-bond donors (Lipinski definition) is 3. The van der Waals surface area contributed by atoms with E-state index in [1.54, 1.807) is 0 Å². The average molecular weight is 603 g/mol. The Kier molecular flexibility index (Phi) is 11.7. The molecule has 0 radical (unpaired) electrons. The maximum absolute atomic E-state index is 13.2. The molecule has 2 aromatic rings. The van der Waals surface area contributed by atoms with E-state index in [-0.39, 0.29) is 17.7 Å². The van der Waals surface area contributed by atoms with E-state index in [0.717, 1.165) is 68.1 Å². The Morgan fingerprint density at radius 1 is 1.12 bits per heavy atom. The third-order valence-corrected chi connectivity index (χ3v) is 10.3. The second kappa shape index (κ2) is 15.0. The smallest absolute Gasteiger partial charge is 0.261 e. The molecule has 3 N–H and O–H groups in total. The molecule has 8 heteroatoms. The van der Waals surface area contributed by atoms with Gasteiger partial charge in [-0.3, -0.25) is 9.52 Å². The molecule has 0 bridgehead atoms. The van der Waals surface area contributed by atoms with Crippen LogP contribution in [0, 0.1) is 17.8 Å². The number of amides is 1. The number of nitrogens with one attached hydrogen (secondary N) is 1. The van der Waals surface area contributed by atoms with E-state index in [0.29, 0.717) is 35.7 Å². The van der Waals surface area contributed by atoms with E-state index in [1.807, 2.05) is 24.3 Å². The number of anilines is 1. The molecule has 1 fully saturated rings. The number of benzene rings is 2. The Morgan fingerprint density at radius 2 is 1.90 bits per heavy atom. The summed E-state index contributed by atoms with van der Waals surface area (Å²) >= 11 is 7.88. The summed E-state index contributed by atoms with van der Waals surface area (Å²) in [5, 5.41) is 20.3. The first-order valence-electron chi connectivity index (χ1n) is 15.3. The van der Waals surface area contributed by atoms with Gasteiger partial charge in [0.2, 0.25) is 0 Å². The number of aliphatic hydroxyl groups is 2. The van der Waals surface area contributed by atoms with Crippen molar-refractivity contribution in [3.8, 4) is 5.75 Å². The van der Waals surface area contributed by atoms with E-state index in [2.05, 4.69) is 49.4 Å². The molecule has 0 aromatic heterocycles. The van der Waals surface area contributed by atoms with E-state index in [1.165, 1.54) is 23.1 Å². The van der Waals surface area contributed by atoms with Crippen molar-refractivity contribution in [3.05, 3.63) is 58.1 Å². The highest BCUT2D eigenvalue weighted by molar-refractivity contribution is 7.98. The van der Waals surface area contributed by atoms with Crippen LogP contribution in [0.4, 0.5) is 5.69 Å². The quantitative estimate of drug-likeness (QED) is 0.166. The van der Waals surface area contributed by atoms with Gasteiger partial charge in [-0.25, -0.2) is 0 Å². The van der Waals surface area contributed by atoms with Crippen LogP contribution in [0.25, 0.3) is 0 Å². The summed E-state index contributed by atoms with van der Waals surface area (Å²) in [6, 6.07) is 11.9. The fraction of sp³-hybridized carbons (Fsp3) is 0.606. The highest BCUT2D eigenvalue weighted by Crippen LogP contribution is 2.42. The van der Waals surface area contributed by atoms with Crippen LogP contribution in [0.3, 0.4) is 0 Å². The van der Waals surface area contributed by atoms with Crippen LogP contribution in [-0.2, 0) is 6.42 Å². The Balaban J connectivity index is 1.59. The first-order valence-corrected chi connectivity index (χ1v) is 16.6. The zero-order valence-corrected chi connectivity index (χ0v) is 26.5. The Morgan fingerprint density at radius 3 is 2.59 bits per heavy atom. The summed E-state index contributed by atoms with van der Waals surface area (Å²) in [6.07, 6.45) is 5.45. The van der Waals surface area contributed by atoms with Gasteiger partial charge in [-0.05, 0) is 96.8 Å². The lowest BCUT2D eigenvalue weighted by molar-refractivity contribution is -0.0719. The first-order chi connectivity index (χ1) is 19.7. The normalized spacial score (nSPS) is 21.9. The molecule has 41 heavy (non-hydrogen) atoms. The van der Waals surface area contributed by atoms with Crippen molar-refractivity contribution in [2.45, 2.75) is 90.1 Å². The van der Waals surface area contributed by atoms with Crippen LogP contribution >= 0.6 is 23.5 Å². The van der Waals surface area contributed by atoms with Gasteiger partial charge in [0.1, 0.15) is 5.75 Å². The number of hydrogen-bond acceptors (Lipinski definition) is 6. The SMILES string of the molecule is CCCc1cc(Cl)ccc1C1COc2ccc(C(=O)NSC(C)C(C)CCC)cc2N(CC2CCC2CC(O)O)C1. The van der Waals surface area contributed by atoms with Gasteiger partial charge in [-0.2, -0.15) is 0 Å². The number of ether oxygens (including phenoxy) is 1. The number of aliphatic hydroxyl groups excluding tert-OH is 1. The highest BCUT2D eigenvalue weighted by Gasteiger charge is 2.36. The minimum atomic E-state index is -1.28. The molecule has 1 aliphatic heterocycles. The summed E-state index contributed by atoms with van der Waals surface area (Å²) in [5.41, 5.74) is 4.06. The molecule has 1 saturated carbocycles. The van der Waals surface area contributed by atoms with E-state index >= 15 is 0 Å². The molecule has 2 aromatic carbocycles. The Hall–Kier alpha value is -1.93. The van der Waals surface area contributed by atoms with Crippen molar-refractivity contribution in [2.75, 3.05) is 24.6 Å². The summed E-state index contributed by atoms with van der Waals surface area (Å²) in [5.74, 6) is 1.99. The molecular formula is C33H47ClN2O4S. The summed E-state index contributed by atoms with van der Waals surface area (Å²) in [4.78, 5) is 15.6. The van der Waals surface area contributed by atoms with Crippen LogP contribution in [0.5, 0.6) is 5.75 Å². The maximum Gasteiger partial charge on any atom is 0.261 e. The lowest BCUT2D eigenvalue weighted by Crippen LogP contribution is -2.41. The van der Waals surface area contributed by atoms with Crippen molar-refractivity contribution in [2.24, 2.45) is 17.8 Å². The molecule has 0 saturated heterocycles. The van der Waals surface area contributed by atoms with Crippen molar-refractivity contribution < 1.29 is 19.7 Å². The summed E-state index contributed by atoms with van der Waals surface area (Å²) < 4.78 is 9.51. The molecule has 5 unspecified atom stereocenters. The topological polar surface area (TPSA) is 82.0 Å². The lowest BCUT2D eigenvalue weighted by atomic mass is 9.71. The minimum Gasteiger partial charge on any atom is -0.491 e. The fourth-order valence-electron chi connectivity index (χ4n) is 6.21. The number of carbonyl (C=O) groups excluding carboxylic acids is 1. The van der Waals surface area contributed by atoms with Crippen LogP contribution in [-0.4, -0.2) is 47.4 Å². The zero-order chi connectivity index (χ0) is 29.5. The van der Waals surface area contributed by atoms with Crippen LogP contribution in [0.1, 0.15) is 93.6 Å². The van der Waals surface area contributed by atoms with Crippen LogP contribution < -0.4 is 14.4 Å². The second-order valence-electron chi connectivity index (χ2n) is 12.0. The van der Waals surface area contributed by atoms with E-state index in [4.69, 9.17) is 16.3 Å². The third kappa shape index (κ3) is 8.34. The molecule has 0 spiro atoms. The van der Waals surface area contributed by atoms with Gasteiger partial charge < -0.3 is 19.8 Å². The van der Waals surface area contributed by atoms with E-state index < -0.39 is 6.29 Å². The molecule has 5 atom stereocenters. The molecular weight excluding hydrogens is 556 g/mol. The number of carbonyl (C=O) groups is 1. The van der Waals surface area contributed by atoms with Gasteiger partial charge in [0, 0.05) is 41.3 Å². The monoisotopic (exact) mass is 602 g/mol. The number of rotatable bonds is 13. The zero-order valence-electron chi connectivity index (χ0n) is 24.9. The second-order valence-corrected chi connectivity index (χ2v) is 13.6. The minimum absolute atomic E-state index is 0.0954. The van der Waals surface area contributed by atoms with Gasteiger partial charge in [0.05, 0.1) is 12.3 Å². The molecule has 6 nitrogen and oxygen atoms in total. The van der Waals surface area contributed by atoms with E-state index in [9.17, 15) is 15.0 Å². The van der Waals surface area contributed by atoms with Crippen molar-refractivity contribution in [3.63, 3.8) is 0 Å². The van der Waals surface area contributed by atoms with Crippen molar-refractivity contribution in [1.29, 1.82) is 0 Å². The first kappa shape index (κ1) is 32.0. The van der Waals surface area contributed by atoms with Gasteiger partial charge in [0.25, 0.3) is 5.91 Å². The Labute approximate surface area is 255 Å². The summed E-state index contributed by atoms with van der Waals surface area (Å²) in [7, 11) is 0. The number of aryl methyl sites for hydroxylation is 1. The van der Waals surface area contributed by atoms with Crippen molar-refractivity contribution in [1.82, 2.24) is 4.72 Å². The predicted molar refractivity (Wildman–Crippen MR) is 170 cm³/mol. The lowest BCUT2D eigenvalue weighted by Gasteiger charge is -2.41. The molecule has 4 rings (SSSR count). The maximum atomic E-state index is 13.2. The molecule has 2 aliphatic rings. The molecule has 226 valence electrons. The van der Waals surface area contributed by atoms with Gasteiger partial charge in [0.15, 0.2) is 6.29 Å². The van der Waals surface area contributed by atoms with Gasteiger partial charge in [-0.15, -0.1) is 0 Å². The standard InChI is InChI=1S/C33H47ClN2O4S/c1-5-7-21(3)22(4)41-35-33(39)25-11-14-31-30(16-25)36(18-26-10-9-23(26)17-32(37)38)19-27(20-40-31)29-13-12-28(34)15-24(29)8-6-2/h11-16,21-23,26-27,32,37-38H,5-10,17-20H2,1-4H3,(H,35,39). The predicted octanol–water partition coefficient (Wildman–Crippen LogP) is 7.20. The van der Waals surface area contributed by atoms with Gasteiger partial charge in [-0.1, -0.05) is 58.2 Å². The Bertz CT molecular complexity index is 1160. The largest absolute Gasteiger partial charge is 0.491 e. The fourth-order valence-corrected chi connectivity index (χ4v) is 7.18. The van der Waals surface area contributed by atoms with Crippen LogP contribution in [0.15, 0.2) is 36.4 Å². The number of fused-ring (bicyclic) bond motifs is 1. The van der Waals surface area contributed by atoms with Crippen LogP contribution in [0.2, 0.25) is 5.02 Å². The molecule has 1 heterocycles. The van der Waals surface area contributed by atoms with Gasteiger partial charge >= 0.3 is 0 Å². The summed E-state index contributed by atoms with van der Waals surface area (Å²) in [6.45, 7) is 10.8. The molecule has 1 aliphatic carbocycles. The number of halogens is 1. The van der Waals surface area contributed by atoms with Crippen molar-refractivity contribution >= 4 is 35.1 Å². The average Bonchev–Trinajstić information content (AvgIpc) is 3.12.